The van der Waals surface area contributed by atoms with Gasteiger partial charge in [-0.25, -0.2) is 0 Å². The maximum absolute atomic E-state index is 11.4. The maximum Gasteiger partial charge on any atom is 0.303 e. The van der Waals surface area contributed by atoms with Crippen molar-refractivity contribution in [3.8, 4) is 0 Å². The van der Waals surface area contributed by atoms with E-state index in [1.165, 1.54) is 13.8 Å². The lowest BCUT2D eigenvalue weighted by molar-refractivity contribution is -0.207. The van der Waals surface area contributed by atoms with Gasteiger partial charge in [0.1, 0.15) is 12.2 Å². The van der Waals surface area contributed by atoms with Gasteiger partial charge in [0.05, 0.1) is 5.60 Å². The molecule has 1 heterocycles. The first-order chi connectivity index (χ1) is 8.65. The van der Waals surface area contributed by atoms with E-state index < -0.39 is 11.7 Å². The molecule has 2 aliphatic rings. The standard InChI is InChI=1S/C14H22O5/c1-8(15)17-11-6-10-7-12(19-13(10,3)4)14(11,5)18-9(2)16/h10-12H,6-7H2,1-5H3/t10-,11+,12+,14+/m0/s1. The highest BCUT2D eigenvalue weighted by atomic mass is 16.6. The molecule has 0 amide bonds. The summed E-state index contributed by atoms with van der Waals surface area (Å²) in [6.45, 7) is 8.59. The summed E-state index contributed by atoms with van der Waals surface area (Å²) in [6, 6.07) is 0. The number of hydrogen-bond donors (Lipinski definition) is 0. The fourth-order valence-electron chi connectivity index (χ4n) is 3.29. The van der Waals surface area contributed by atoms with Gasteiger partial charge in [-0.2, -0.15) is 0 Å². The summed E-state index contributed by atoms with van der Waals surface area (Å²) in [6.07, 6.45) is 0.815. The van der Waals surface area contributed by atoms with Crippen molar-refractivity contribution >= 4 is 11.9 Å². The minimum Gasteiger partial charge on any atom is -0.458 e. The summed E-state index contributed by atoms with van der Waals surface area (Å²) in [4.78, 5) is 22.6. The normalized spacial score (nSPS) is 39.7. The van der Waals surface area contributed by atoms with Crippen molar-refractivity contribution in [2.24, 2.45) is 5.92 Å². The molecule has 1 saturated heterocycles. The first-order valence-electron chi connectivity index (χ1n) is 6.70. The summed E-state index contributed by atoms with van der Waals surface area (Å²) in [5, 5.41) is 0. The van der Waals surface area contributed by atoms with E-state index in [9.17, 15) is 9.59 Å². The zero-order valence-electron chi connectivity index (χ0n) is 12.2. The van der Waals surface area contributed by atoms with Crippen LogP contribution < -0.4 is 0 Å². The Morgan fingerprint density at radius 3 is 2.26 bits per heavy atom. The van der Waals surface area contributed by atoms with E-state index in [4.69, 9.17) is 14.2 Å². The van der Waals surface area contributed by atoms with Gasteiger partial charge in [-0.1, -0.05) is 0 Å². The molecule has 0 spiro atoms. The SMILES string of the molecule is CC(=O)O[C@@H]1C[C@H]2C[C@@H](OC2(C)C)[C@]1(C)OC(C)=O. The topological polar surface area (TPSA) is 61.8 Å². The van der Waals surface area contributed by atoms with Crippen molar-refractivity contribution < 1.29 is 23.8 Å². The number of rotatable bonds is 2. The van der Waals surface area contributed by atoms with Crippen LogP contribution in [-0.2, 0) is 23.8 Å². The molecule has 1 saturated carbocycles. The van der Waals surface area contributed by atoms with Crippen LogP contribution in [-0.4, -0.2) is 35.3 Å². The predicted octanol–water partition coefficient (Wildman–Crippen LogP) is 1.83. The fraction of sp³-hybridized carbons (Fsp3) is 0.857. The third-order valence-electron chi connectivity index (χ3n) is 4.38. The average Bonchev–Trinajstić information content (AvgIpc) is 2.48. The summed E-state index contributed by atoms with van der Waals surface area (Å²) in [7, 11) is 0. The van der Waals surface area contributed by atoms with E-state index in [0.29, 0.717) is 12.3 Å². The predicted molar refractivity (Wildman–Crippen MR) is 67.4 cm³/mol. The monoisotopic (exact) mass is 270 g/mol. The number of ether oxygens (including phenoxy) is 3. The van der Waals surface area contributed by atoms with Crippen molar-refractivity contribution in [3.63, 3.8) is 0 Å². The lowest BCUT2D eigenvalue weighted by Gasteiger charge is -2.42. The fourth-order valence-corrected chi connectivity index (χ4v) is 3.29. The quantitative estimate of drug-likeness (QED) is 0.716. The van der Waals surface area contributed by atoms with Gasteiger partial charge in [-0.15, -0.1) is 0 Å². The molecule has 4 atom stereocenters. The molecule has 5 heteroatoms. The molecule has 19 heavy (non-hydrogen) atoms. The summed E-state index contributed by atoms with van der Waals surface area (Å²) >= 11 is 0. The summed E-state index contributed by atoms with van der Waals surface area (Å²) in [5.41, 5.74) is -1.18. The molecule has 1 aliphatic heterocycles. The van der Waals surface area contributed by atoms with Gasteiger partial charge in [0.25, 0.3) is 0 Å². The second-order valence-electron chi connectivity index (χ2n) is 6.25. The van der Waals surface area contributed by atoms with Crippen molar-refractivity contribution in [1.29, 1.82) is 0 Å². The van der Waals surface area contributed by atoms with Gasteiger partial charge in [-0.05, 0) is 39.5 Å². The summed E-state index contributed by atoms with van der Waals surface area (Å²) in [5.74, 6) is -0.431. The van der Waals surface area contributed by atoms with Crippen LogP contribution in [0.1, 0.15) is 47.5 Å². The zero-order valence-corrected chi connectivity index (χ0v) is 12.2. The molecule has 0 N–H and O–H groups in total. The molecule has 0 aromatic rings. The Bertz CT molecular complexity index is 403. The second kappa shape index (κ2) is 4.47. The van der Waals surface area contributed by atoms with Crippen LogP contribution in [0.4, 0.5) is 0 Å². The van der Waals surface area contributed by atoms with Crippen LogP contribution in [0.25, 0.3) is 0 Å². The van der Waals surface area contributed by atoms with Crippen LogP contribution in [0.2, 0.25) is 0 Å². The van der Waals surface area contributed by atoms with Crippen molar-refractivity contribution in [1.82, 2.24) is 0 Å². The highest BCUT2D eigenvalue weighted by Gasteiger charge is 2.60. The Morgan fingerprint density at radius 1 is 1.11 bits per heavy atom. The van der Waals surface area contributed by atoms with Crippen molar-refractivity contribution in [3.05, 3.63) is 0 Å². The lowest BCUT2D eigenvalue weighted by atomic mass is 9.73. The zero-order chi connectivity index (χ0) is 14.4. The molecule has 2 fully saturated rings. The van der Waals surface area contributed by atoms with Crippen LogP contribution in [0.15, 0.2) is 0 Å². The van der Waals surface area contributed by atoms with Gasteiger partial charge in [0.15, 0.2) is 5.60 Å². The van der Waals surface area contributed by atoms with Gasteiger partial charge in [0, 0.05) is 13.8 Å². The molecule has 0 radical (unpaired) electrons. The molecule has 0 unspecified atom stereocenters. The van der Waals surface area contributed by atoms with Gasteiger partial charge >= 0.3 is 11.9 Å². The average molecular weight is 270 g/mol. The van der Waals surface area contributed by atoms with Gasteiger partial charge in [0.2, 0.25) is 0 Å². The minimum atomic E-state index is -0.901. The Balaban J connectivity index is 2.30. The molecule has 0 aromatic heterocycles. The van der Waals surface area contributed by atoms with E-state index in [1.807, 2.05) is 13.8 Å². The molecular formula is C14H22O5. The third kappa shape index (κ3) is 2.48. The number of esters is 2. The van der Waals surface area contributed by atoms with E-state index in [-0.39, 0.29) is 23.6 Å². The smallest absolute Gasteiger partial charge is 0.303 e. The van der Waals surface area contributed by atoms with E-state index in [1.54, 1.807) is 6.92 Å². The number of hydrogen-bond acceptors (Lipinski definition) is 5. The number of carbonyl (C=O) groups is 2. The number of carbonyl (C=O) groups excluding carboxylic acids is 2. The summed E-state index contributed by atoms with van der Waals surface area (Å²) < 4.78 is 16.9. The molecule has 1 aliphatic carbocycles. The first-order valence-corrected chi connectivity index (χ1v) is 6.70. The minimum absolute atomic E-state index is 0.227. The molecule has 0 aromatic carbocycles. The van der Waals surface area contributed by atoms with Gasteiger partial charge in [-0.3, -0.25) is 9.59 Å². The third-order valence-corrected chi connectivity index (χ3v) is 4.38. The highest BCUT2D eigenvalue weighted by Crippen LogP contribution is 2.50. The van der Waals surface area contributed by atoms with E-state index >= 15 is 0 Å². The van der Waals surface area contributed by atoms with Crippen molar-refractivity contribution in [2.75, 3.05) is 0 Å². The Hall–Kier alpha value is -1.10. The van der Waals surface area contributed by atoms with Crippen molar-refractivity contribution in [2.45, 2.75) is 70.9 Å². The van der Waals surface area contributed by atoms with E-state index in [2.05, 4.69) is 0 Å². The van der Waals surface area contributed by atoms with E-state index in [0.717, 1.165) is 6.42 Å². The maximum atomic E-state index is 11.4. The molecular weight excluding hydrogens is 248 g/mol. The van der Waals surface area contributed by atoms with Crippen LogP contribution in [0, 0.1) is 5.92 Å². The molecule has 2 rings (SSSR count). The molecule has 5 nitrogen and oxygen atoms in total. The largest absolute Gasteiger partial charge is 0.458 e. The lowest BCUT2D eigenvalue weighted by Crippen LogP contribution is -2.56. The Kier molecular flexibility index (Phi) is 3.37. The number of fused-ring (bicyclic) bond motifs is 2. The van der Waals surface area contributed by atoms with Crippen LogP contribution in [0.3, 0.4) is 0 Å². The Labute approximate surface area is 113 Å². The Morgan fingerprint density at radius 2 is 1.74 bits per heavy atom. The first kappa shape index (κ1) is 14.3. The van der Waals surface area contributed by atoms with Crippen LogP contribution in [0.5, 0.6) is 0 Å². The second-order valence-corrected chi connectivity index (χ2v) is 6.25. The molecule has 2 bridgehead atoms. The van der Waals surface area contributed by atoms with Crippen LogP contribution >= 0.6 is 0 Å². The molecule has 108 valence electrons. The van der Waals surface area contributed by atoms with Gasteiger partial charge < -0.3 is 14.2 Å². The highest BCUT2D eigenvalue weighted by molar-refractivity contribution is 5.68.